The van der Waals surface area contributed by atoms with Gasteiger partial charge >= 0.3 is 18.2 Å². The number of alkyl halides is 3. The number of hydrogen-bond acceptors (Lipinski definition) is 5. The summed E-state index contributed by atoms with van der Waals surface area (Å²) in [6.07, 6.45) is -4.60. The molecule has 0 saturated heterocycles. The molecule has 3 amide bonds. The molecule has 0 spiro atoms. The van der Waals surface area contributed by atoms with Crippen molar-refractivity contribution >= 4 is 29.2 Å². The zero-order valence-corrected chi connectivity index (χ0v) is 15.2. The summed E-state index contributed by atoms with van der Waals surface area (Å²) in [7, 11) is 0. The summed E-state index contributed by atoms with van der Waals surface area (Å²) in [5.41, 5.74) is 2.04. The van der Waals surface area contributed by atoms with Crippen molar-refractivity contribution in [3.63, 3.8) is 0 Å². The van der Waals surface area contributed by atoms with Gasteiger partial charge in [0, 0.05) is 11.4 Å². The summed E-state index contributed by atoms with van der Waals surface area (Å²) in [5.74, 6) is -1.84. The number of carbonyl (C=O) groups excluding carboxylic acids is 3. The standard InChI is InChI=1S/C16H16F3N3O4S/c1-9-3-4-10(2)22(9)13-11(5-6-27-13)14(24)26-7-12(23)21-15(25)20-8-16(17,18)19/h3-6H,7-8H2,1-2H3,(H2,20,21,23,25). The summed E-state index contributed by atoms with van der Waals surface area (Å²) in [5, 5.41) is 5.42. The number of halogens is 3. The zero-order valence-electron chi connectivity index (χ0n) is 14.3. The topological polar surface area (TPSA) is 89.4 Å². The van der Waals surface area contributed by atoms with Gasteiger partial charge in [0.25, 0.3) is 5.91 Å². The lowest BCUT2D eigenvalue weighted by Crippen LogP contribution is -2.44. The Labute approximate surface area is 156 Å². The monoisotopic (exact) mass is 403 g/mol. The lowest BCUT2D eigenvalue weighted by Gasteiger charge is -2.11. The van der Waals surface area contributed by atoms with Crippen LogP contribution in [0.3, 0.4) is 0 Å². The van der Waals surface area contributed by atoms with Crippen LogP contribution in [0.5, 0.6) is 0 Å². The number of nitrogens with one attached hydrogen (secondary N) is 2. The van der Waals surface area contributed by atoms with Crippen LogP contribution < -0.4 is 10.6 Å². The smallest absolute Gasteiger partial charge is 0.405 e. The van der Waals surface area contributed by atoms with Crippen LogP contribution in [0.25, 0.3) is 5.00 Å². The second-order valence-corrected chi connectivity index (χ2v) is 6.41. The molecule has 2 aromatic rings. The van der Waals surface area contributed by atoms with Gasteiger partial charge in [-0.2, -0.15) is 13.2 Å². The number of amides is 3. The van der Waals surface area contributed by atoms with Gasteiger partial charge in [0.2, 0.25) is 0 Å². The highest BCUT2D eigenvalue weighted by Crippen LogP contribution is 2.26. The molecule has 0 radical (unpaired) electrons. The molecule has 146 valence electrons. The molecule has 0 atom stereocenters. The number of aryl methyl sites for hydroxylation is 2. The first-order chi connectivity index (χ1) is 12.6. The van der Waals surface area contributed by atoms with Gasteiger partial charge in [0.1, 0.15) is 11.5 Å². The Hall–Kier alpha value is -2.82. The van der Waals surface area contributed by atoms with Gasteiger partial charge in [-0.05, 0) is 37.4 Å². The Balaban J connectivity index is 1.93. The molecule has 2 aromatic heterocycles. The maximum atomic E-state index is 12.2. The van der Waals surface area contributed by atoms with Crippen LogP contribution in [-0.2, 0) is 9.53 Å². The van der Waals surface area contributed by atoms with Crippen molar-refractivity contribution in [2.45, 2.75) is 20.0 Å². The average Bonchev–Trinajstić information content (AvgIpc) is 3.16. The van der Waals surface area contributed by atoms with Gasteiger partial charge < -0.3 is 14.6 Å². The number of carbonyl (C=O) groups is 3. The molecule has 7 nitrogen and oxygen atoms in total. The fraction of sp³-hybridized carbons (Fsp3) is 0.312. The van der Waals surface area contributed by atoms with Crippen LogP contribution in [0.15, 0.2) is 23.6 Å². The molecule has 0 aromatic carbocycles. The highest BCUT2D eigenvalue weighted by Gasteiger charge is 2.28. The second kappa shape index (κ2) is 8.25. The molecule has 0 aliphatic carbocycles. The van der Waals surface area contributed by atoms with Crippen molar-refractivity contribution in [3.8, 4) is 5.00 Å². The number of urea groups is 1. The molecule has 0 unspecified atom stereocenters. The van der Waals surface area contributed by atoms with Crippen LogP contribution >= 0.6 is 11.3 Å². The van der Waals surface area contributed by atoms with Crippen molar-refractivity contribution in [1.82, 2.24) is 15.2 Å². The number of esters is 1. The SMILES string of the molecule is Cc1ccc(C)n1-c1sccc1C(=O)OCC(=O)NC(=O)NCC(F)(F)F. The predicted molar refractivity (Wildman–Crippen MR) is 91.0 cm³/mol. The lowest BCUT2D eigenvalue weighted by molar-refractivity contribution is -0.125. The van der Waals surface area contributed by atoms with Crippen LogP contribution in [0.4, 0.5) is 18.0 Å². The molecular formula is C16H16F3N3O4S. The highest BCUT2D eigenvalue weighted by atomic mass is 32.1. The third kappa shape index (κ3) is 5.58. The van der Waals surface area contributed by atoms with E-state index in [0.29, 0.717) is 5.00 Å². The third-order valence-electron chi connectivity index (χ3n) is 3.38. The number of imide groups is 1. The maximum absolute atomic E-state index is 12.2. The zero-order chi connectivity index (χ0) is 20.2. The number of hydrogen-bond donors (Lipinski definition) is 2. The van der Waals surface area contributed by atoms with Crippen molar-refractivity contribution in [2.24, 2.45) is 0 Å². The molecule has 2 N–H and O–H groups in total. The maximum Gasteiger partial charge on any atom is 0.405 e. The summed E-state index contributed by atoms with van der Waals surface area (Å²) >= 11 is 1.31. The average molecular weight is 403 g/mol. The van der Waals surface area contributed by atoms with Gasteiger partial charge in [0.15, 0.2) is 6.61 Å². The number of rotatable bonds is 5. The van der Waals surface area contributed by atoms with Gasteiger partial charge in [-0.1, -0.05) is 0 Å². The van der Waals surface area contributed by atoms with Gasteiger partial charge in [-0.15, -0.1) is 11.3 Å². The fourth-order valence-electron chi connectivity index (χ4n) is 2.21. The molecule has 2 heterocycles. The molecule has 2 rings (SSSR count). The molecule has 0 bridgehead atoms. The lowest BCUT2D eigenvalue weighted by atomic mass is 10.3. The Bertz CT molecular complexity index is 838. The predicted octanol–water partition coefficient (Wildman–Crippen LogP) is 2.70. The molecule has 0 saturated carbocycles. The first-order valence-electron chi connectivity index (χ1n) is 7.63. The van der Waals surface area contributed by atoms with E-state index >= 15 is 0 Å². The van der Waals surface area contributed by atoms with Gasteiger partial charge in [-0.3, -0.25) is 10.1 Å². The summed E-state index contributed by atoms with van der Waals surface area (Å²) < 4.78 is 42.6. The van der Waals surface area contributed by atoms with E-state index in [0.717, 1.165) is 11.4 Å². The molecule has 27 heavy (non-hydrogen) atoms. The normalized spacial score (nSPS) is 11.1. The summed E-state index contributed by atoms with van der Waals surface area (Å²) in [4.78, 5) is 34.9. The minimum atomic E-state index is -4.60. The van der Waals surface area contributed by atoms with Crippen molar-refractivity contribution in [2.75, 3.05) is 13.2 Å². The Morgan fingerprint density at radius 1 is 1.15 bits per heavy atom. The van der Waals surface area contributed by atoms with Crippen LogP contribution in [0.1, 0.15) is 21.7 Å². The quantitative estimate of drug-likeness (QED) is 0.752. The van der Waals surface area contributed by atoms with Crippen molar-refractivity contribution in [1.29, 1.82) is 0 Å². The van der Waals surface area contributed by atoms with Crippen molar-refractivity contribution in [3.05, 3.63) is 40.5 Å². The van der Waals surface area contributed by atoms with Gasteiger partial charge in [-0.25, -0.2) is 9.59 Å². The summed E-state index contributed by atoms with van der Waals surface area (Å²) in [6.45, 7) is 1.35. The Morgan fingerprint density at radius 2 is 1.78 bits per heavy atom. The van der Waals surface area contributed by atoms with Crippen LogP contribution in [-0.4, -0.2) is 41.8 Å². The molecule has 0 aliphatic heterocycles. The van der Waals surface area contributed by atoms with E-state index in [1.807, 2.05) is 30.5 Å². The molecule has 0 fully saturated rings. The van der Waals surface area contributed by atoms with E-state index < -0.39 is 37.2 Å². The molecule has 11 heteroatoms. The Kier molecular flexibility index (Phi) is 6.26. The highest BCUT2D eigenvalue weighted by molar-refractivity contribution is 7.13. The van der Waals surface area contributed by atoms with Crippen molar-refractivity contribution < 1.29 is 32.3 Å². The second-order valence-electron chi connectivity index (χ2n) is 5.51. The van der Waals surface area contributed by atoms with Gasteiger partial charge in [0.05, 0.1) is 5.56 Å². The van der Waals surface area contributed by atoms with Crippen LogP contribution in [0, 0.1) is 13.8 Å². The first-order valence-corrected chi connectivity index (χ1v) is 8.51. The van der Waals surface area contributed by atoms with Crippen LogP contribution in [0.2, 0.25) is 0 Å². The number of thiophene rings is 1. The Morgan fingerprint density at radius 3 is 2.37 bits per heavy atom. The number of aromatic nitrogens is 1. The van der Waals surface area contributed by atoms with E-state index in [1.54, 1.807) is 10.7 Å². The van der Waals surface area contributed by atoms with E-state index in [4.69, 9.17) is 4.74 Å². The van der Waals surface area contributed by atoms with E-state index in [9.17, 15) is 27.6 Å². The number of nitrogens with zero attached hydrogens (tertiary/aromatic N) is 1. The fourth-order valence-corrected chi connectivity index (χ4v) is 3.22. The number of ether oxygens (including phenoxy) is 1. The minimum absolute atomic E-state index is 0.233. The molecule has 0 aliphatic rings. The van der Waals surface area contributed by atoms with E-state index in [1.165, 1.54) is 22.7 Å². The largest absolute Gasteiger partial charge is 0.452 e. The van der Waals surface area contributed by atoms with E-state index in [2.05, 4.69) is 0 Å². The summed E-state index contributed by atoms with van der Waals surface area (Å²) in [6, 6.07) is 3.98. The minimum Gasteiger partial charge on any atom is -0.452 e. The molecular weight excluding hydrogens is 387 g/mol. The third-order valence-corrected chi connectivity index (χ3v) is 4.27. The first kappa shape index (κ1) is 20.5. The van der Waals surface area contributed by atoms with E-state index in [-0.39, 0.29) is 5.56 Å².